The van der Waals surface area contributed by atoms with Gasteiger partial charge in [0.15, 0.2) is 0 Å². The third-order valence-corrected chi connectivity index (χ3v) is 2.63. The number of ether oxygens (including phenoxy) is 1. The fourth-order valence-electron chi connectivity index (χ4n) is 1.77. The van der Waals surface area contributed by atoms with E-state index in [1.54, 1.807) is 6.92 Å². The van der Waals surface area contributed by atoms with Crippen LogP contribution in [0.5, 0.6) is 0 Å². The number of rotatable bonds is 5. The van der Waals surface area contributed by atoms with E-state index in [-0.39, 0.29) is 0 Å². The van der Waals surface area contributed by atoms with E-state index in [4.69, 9.17) is 9.15 Å². The van der Waals surface area contributed by atoms with Crippen molar-refractivity contribution in [2.45, 2.75) is 26.4 Å². The first-order chi connectivity index (χ1) is 7.34. The summed E-state index contributed by atoms with van der Waals surface area (Å²) >= 11 is 0. The highest BCUT2D eigenvalue weighted by atomic mass is 16.5. The smallest absolute Gasteiger partial charge is 0.242 e. The van der Waals surface area contributed by atoms with Gasteiger partial charge in [-0.3, -0.25) is 0 Å². The first-order valence-electron chi connectivity index (χ1n) is 5.42. The molecule has 1 fully saturated rings. The average molecular weight is 211 g/mol. The number of hydrogen-bond donors (Lipinski definition) is 1. The van der Waals surface area contributed by atoms with Crippen LogP contribution in [0.1, 0.15) is 24.6 Å². The fraction of sp³-hybridized carbons (Fsp3) is 0.800. The lowest BCUT2D eigenvalue weighted by atomic mass is 10.1. The van der Waals surface area contributed by atoms with Crippen LogP contribution in [-0.4, -0.2) is 29.9 Å². The molecule has 1 aromatic heterocycles. The van der Waals surface area contributed by atoms with Crippen molar-refractivity contribution in [2.24, 2.45) is 5.92 Å². The van der Waals surface area contributed by atoms with Crippen molar-refractivity contribution < 1.29 is 9.15 Å². The molecule has 0 spiro atoms. The van der Waals surface area contributed by atoms with Gasteiger partial charge in [0.2, 0.25) is 11.8 Å². The molecule has 84 valence electrons. The number of aryl methyl sites for hydroxylation is 1. The summed E-state index contributed by atoms with van der Waals surface area (Å²) in [6, 6.07) is 0. The molecule has 0 aromatic carbocycles. The van der Waals surface area contributed by atoms with Gasteiger partial charge in [0.25, 0.3) is 0 Å². The molecule has 0 saturated carbocycles. The van der Waals surface area contributed by atoms with Crippen LogP contribution in [0, 0.1) is 12.8 Å². The van der Waals surface area contributed by atoms with Gasteiger partial charge in [-0.15, -0.1) is 10.2 Å². The lowest BCUT2D eigenvalue weighted by Crippen LogP contribution is -2.10. The van der Waals surface area contributed by atoms with Crippen molar-refractivity contribution in [3.63, 3.8) is 0 Å². The topological polar surface area (TPSA) is 60.2 Å². The molecule has 5 nitrogen and oxygen atoms in total. The molecule has 1 aromatic rings. The Morgan fingerprint density at radius 1 is 1.53 bits per heavy atom. The molecule has 0 amide bonds. The Labute approximate surface area is 89.2 Å². The average Bonchev–Trinajstić information content (AvgIpc) is 2.84. The van der Waals surface area contributed by atoms with Gasteiger partial charge in [-0.25, -0.2) is 0 Å². The predicted molar refractivity (Wildman–Crippen MR) is 54.3 cm³/mol. The Morgan fingerprint density at radius 2 is 2.47 bits per heavy atom. The largest absolute Gasteiger partial charge is 0.423 e. The van der Waals surface area contributed by atoms with Crippen LogP contribution < -0.4 is 5.32 Å². The summed E-state index contributed by atoms with van der Waals surface area (Å²) in [7, 11) is 0. The summed E-state index contributed by atoms with van der Waals surface area (Å²) in [6.07, 6.45) is 2.38. The zero-order chi connectivity index (χ0) is 10.5. The second kappa shape index (κ2) is 5.23. The number of aromatic nitrogens is 2. The maximum absolute atomic E-state index is 5.47. The highest BCUT2D eigenvalue weighted by Gasteiger charge is 2.13. The Morgan fingerprint density at radius 3 is 3.13 bits per heavy atom. The monoisotopic (exact) mass is 211 g/mol. The van der Waals surface area contributed by atoms with Crippen LogP contribution in [0.15, 0.2) is 4.42 Å². The van der Waals surface area contributed by atoms with E-state index in [9.17, 15) is 0 Å². The van der Waals surface area contributed by atoms with Crippen LogP contribution in [0.3, 0.4) is 0 Å². The van der Waals surface area contributed by atoms with Crippen molar-refractivity contribution in [1.29, 1.82) is 0 Å². The van der Waals surface area contributed by atoms with Crippen molar-refractivity contribution in [1.82, 2.24) is 15.5 Å². The Balaban J connectivity index is 1.58. The Bertz CT molecular complexity index is 295. The zero-order valence-corrected chi connectivity index (χ0v) is 9.03. The lowest BCUT2D eigenvalue weighted by molar-refractivity contribution is 0.0917. The van der Waals surface area contributed by atoms with Crippen molar-refractivity contribution >= 4 is 0 Å². The minimum Gasteiger partial charge on any atom is -0.423 e. The van der Waals surface area contributed by atoms with E-state index >= 15 is 0 Å². The van der Waals surface area contributed by atoms with Gasteiger partial charge in [0.1, 0.15) is 6.61 Å². The lowest BCUT2D eigenvalue weighted by Gasteiger charge is -2.06. The second-order valence-electron chi connectivity index (χ2n) is 3.91. The number of nitrogens with one attached hydrogen (secondary N) is 1. The van der Waals surface area contributed by atoms with Crippen LogP contribution in [-0.2, 0) is 11.3 Å². The summed E-state index contributed by atoms with van der Waals surface area (Å²) in [5.41, 5.74) is 0. The first-order valence-corrected chi connectivity index (χ1v) is 5.42. The molecule has 0 radical (unpaired) electrons. The summed E-state index contributed by atoms with van der Waals surface area (Å²) in [6.45, 7) is 5.26. The SMILES string of the molecule is Cc1nnc(COCCC2CCNC2)o1. The molecule has 1 atom stereocenters. The highest BCUT2D eigenvalue weighted by molar-refractivity contribution is 4.75. The van der Waals surface area contributed by atoms with Crippen LogP contribution in [0.2, 0.25) is 0 Å². The van der Waals surface area contributed by atoms with E-state index in [1.165, 1.54) is 6.42 Å². The van der Waals surface area contributed by atoms with Crippen LogP contribution >= 0.6 is 0 Å². The van der Waals surface area contributed by atoms with Crippen molar-refractivity contribution in [2.75, 3.05) is 19.7 Å². The van der Waals surface area contributed by atoms with Gasteiger partial charge < -0.3 is 14.5 Å². The van der Waals surface area contributed by atoms with Gasteiger partial charge in [0, 0.05) is 13.5 Å². The summed E-state index contributed by atoms with van der Waals surface area (Å²) in [5, 5.41) is 10.9. The quantitative estimate of drug-likeness (QED) is 0.733. The van der Waals surface area contributed by atoms with E-state index in [0.717, 1.165) is 32.0 Å². The Kier molecular flexibility index (Phi) is 3.69. The fourth-order valence-corrected chi connectivity index (χ4v) is 1.77. The van der Waals surface area contributed by atoms with Gasteiger partial charge in [-0.1, -0.05) is 0 Å². The van der Waals surface area contributed by atoms with Crippen LogP contribution in [0.25, 0.3) is 0 Å². The highest BCUT2D eigenvalue weighted by Crippen LogP contribution is 2.12. The predicted octanol–water partition coefficient (Wildman–Crippen LogP) is 0.894. The minimum atomic E-state index is 0.432. The van der Waals surface area contributed by atoms with E-state index in [0.29, 0.717) is 18.4 Å². The summed E-state index contributed by atoms with van der Waals surface area (Å²) in [4.78, 5) is 0. The molecule has 1 saturated heterocycles. The molecule has 1 aliphatic rings. The van der Waals surface area contributed by atoms with Gasteiger partial charge in [-0.2, -0.15) is 0 Å². The molecule has 15 heavy (non-hydrogen) atoms. The van der Waals surface area contributed by atoms with E-state index in [1.807, 2.05) is 0 Å². The summed E-state index contributed by atoms with van der Waals surface area (Å²) in [5.74, 6) is 1.93. The van der Waals surface area contributed by atoms with Gasteiger partial charge in [0.05, 0.1) is 0 Å². The third kappa shape index (κ3) is 3.28. The normalized spacial score (nSPS) is 21.0. The second-order valence-corrected chi connectivity index (χ2v) is 3.91. The summed E-state index contributed by atoms with van der Waals surface area (Å²) < 4.78 is 10.7. The molecule has 5 heteroatoms. The third-order valence-electron chi connectivity index (χ3n) is 2.63. The molecule has 1 N–H and O–H groups in total. The van der Waals surface area contributed by atoms with Crippen molar-refractivity contribution in [3.05, 3.63) is 11.8 Å². The van der Waals surface area contributed by atoms with E-state index < -0.39 is 0 Å². The standard InChI is InChI=1S/C10H17N3O2/c1-8-12-13-10(15-8)7-14-5-3-9-2-4-11-6-9/h9,11H,2-7H2,1H3. The molecule has 1 aliphatic heterocycles. The number of hydrogen-bond acceptors (Lipinski definition) is 5. The maximum atomic E-state index is 5.47. The van der Waals surface area contributed by atoms with Gasteiger partial charge >= 0.3 is 0 Å². The van der Waals surface area contributed by atoms with E-state index in [2.05, 4.69) is 15.5 Å². The molecule has 0 aliphatic carbocycles. The van der Waals surface area contributed by atoms with Crippen molar-refractivity contribution in [3.8, 4) is 0 Å². The van der Waals surface area contributed by atoms with Crippen LogP contribution in [0.4, 0.5) is 0 Å². The molecule has 2 rings (SSSR count). The molecule has 2 heterocycles. The molecular formula is C10H17N3O2. The number of nitrogens with zero attached hydrogens (tertiary/aromatic N) is 2. The minimum absolute atomic E-state index is 0.432. The maximum Gasteiger partial charge on any atom is 0.242 e. The molecule has 0 bridgehead atoms. The zero-order valence-electron chi connectivity index (χ0n) is 9.03. The first kappa shape index (κ1) is 10.6. The Hall–Kier alpha value is -0.940. The molecular weight excluding hydrogens is 194 g/mol. The molecule has 1 unspecified atom stereocenters. The van der Waals surface area contributed by atoms with Gasteiger partial charge in [-0.05, 0) is 31.8 Å².